The van der Waals surface area contributed by atoms with Gasteiger partial charge in [-0.1, -0.05) is 74.2 Å². The van der Waals surface area contributed by atoms with Crippen LogP contribution < -0.4 is 30.1 Å². The Bertz CT molecular complexity index is 2170. The summed E-state index contributed by atoms with van der Waals surface area (Å²) in [4.78, 5) is 42.9. The van der Waals surface area contributed by atoms with Gasteiger partial charge in [0, 0.05) is 54.9 Å². The number of sulfonamides is 1. The van der Waals surface area contributed by atoms with Crippen LogP contribution in [0.2, 0.25) is 0 Å². The summed E-state index contributed by atoms with van der Waals surface area (Å²) < 4.78 is 41.4. The first-order valence-corrected chi connectivity index (χ1v) is 20.5. The van der Waals surface area contributed by atoms with E-state index in [9.17, 15) is 22.8 Å². The number of fused-ring (bicyclic) bond motifs is 1. The number of rotatable bonds is 20. The van der Waals surface area contributed by atoms with E-state index in [0.29, 0.717) is 48.6 Å². The summed E-state index contributed by atoms with van der Waals surface area (Å²) in [6.07, 6.45) is 6.98. The normalized spacial score (nSPS) is 20.2. The van der Waals surface area contributed by atoms with Crippen LogP contribution in [-0.2, 0) is 24.4 Å². The molecule has 56 heavy (non-hydrogen) atoms. The molecule has 2 aliphatic rings. The molecule has 296 valence electrons. The number of benzene rings is 3. The van der Waals surface area contributed by atoms with Crippen LogP contribution in [0.15, 0.2) is 96.4 Å². The van der Waals surface area contributed by atoms with Gasteiger partial charge in [0.15, 0.2) is 0 Å². The molecule has 2 fully saturated rings. The fourth-order valence-electron chi connectivity index (χ4n) is 7.12. The van der Waals surface area contributed by atoms with Gasteiger partial charge in [-0.2, -0.15) is 0 Å². The molecule has 2 heterocycles. The van der Waals surface area contributed by atoms with Crippen LogP contribution in [0, 0.1) is 5.92 Å². The van der Waals surface area contributed by atoms with Crippen molar-refractivity contribution in [3.8, 4) is 22.8 Å². The summed E-state index contributed by atoms with van der Waals surface area (Å²) in [6, 6.07) is 22.9. The number of aromatic nitrogens is 1. The van der Waals surface area contributed by atoms with Gasteiger partial charge in [0.2, 0.25) is 5.91 Å². The lowest BCUT2D eigenvalue weighted by molar-refractivity contribution is -0.137. The van der Waals surface area contributed by atoms with Crippen LogP contribution in [0.3, 0.4) is 0 Å². The molecule has 4 atom stereocenters. The van der Waals surface area contributed by atoms with E-state index in [-0.39, 0.29) is 23.8 Å². The van der Waals surface area contributed by atoms with Crippen molar-refractivity contribution in [2.75, 3.05) is 25.5 Å². The van der Waals surface area contributed by atoms with Gasteiger partial charge < -0.3 is 30.5 Å². The van der Waals surface area contributed by atoms with Crippen molar-refractivity contribution < 1.29 is 37.4 Å². The maximum absolute atomic E-state index is 13.8. The number of hydrogen-bond donors (Lipinski definition) is 5. The summed E-state index contributed by atoms with van der Waals surface area (Å²) in [5.74, 6) is -1.23. The number of hydrogen-bond acceptors (Lipinski definition) is 10. The molecule has 0 bridgehead atoms. The lowest BCUT2D eigenvalue weighted by Crippen LogP contribution is -2.55. The standard InChI is InChI=1S/C42H49N5O8S/c1-3-29-26-42(29,41(51)47-56(52,53)38-18-13-12-17-33(38)43-22-14-7-5-4-6-11-19-39(48)49)46-40(50)36-24-31(27-44-36)55-37-25-34(28-15-9-8-10-16-28)45-35-23-30(54-2)20-21-32(35)37/h3,8-10,12-13,15-18,20-21,23,25,29,31,36,43-44H,1,4-7,11,14,19,22,24,26-27H2,2H3,(H,46,50)(H,47,51)(H,48,49)/t29-,31-,36+,42-/m1/s1. The molecular weight excluding hydrogens is 735 g/mol. The van der Waals surface area contributed by atoms with E-state index in [1.807, 2.05) is 54.6 Å². The Morgan fingerprint density at radius 3 is 2.45 bits per heavy atom. The number of aliphatic carboxylic acids is 1. The second kappa shape index (κ2) is 18.0. The molecule has 1 aliphatic carbocycles. The Hall–Kier alpha value is -5.47. The first-order valence-electron chi connectivity index (χ1n) is 19.0. The van der Waals surface area contributed by atoms with Crippen LogP contribution in [0.5, 0.6) is 11.5 Å². The zero-order chi connectivity index (χ0) is 39.7. The highest BCUT2D eigenvalue weighted by Crippen LogP contribution is 2.45. The van der Waals surface area contributed by atoms with E-state index in [2.05, 4.69) is 27.3 Å². The van der Waals surface area contributed by atoms with E-state index in [1.165, 1.54) is 6.07 Å². The lowest BCUT2D eigenvalue weighted by atomic mass is 10.1. The van der Waals surface area contributed by atoms with Gasteiger partial charge in [0.05, 0.1) is 30.0 Å². The number of pyridine rings is 1. The highest BCUT2D eigenvalue weighted by atomic mass is 32.2. The number of ether oxygens (including phenoxy) is 2. The molecule has 1 aromatic heterocycles. The molecule has 0 radical (unpaired) electrons. The largest absolute Gasteiger partial charge is 0.497 e. The Morgan fingerprint density at radius 2 is 1.71 bits per heavy atom. The van der Waals surface area contributed by atoms with Gasteiger partial charge in [0.1, 0.15) is 28.0 Å². The quantitative estimate of drug-likeness (QED) is 0.0538. The highest BCUT2D eigenvalue weighted by Gasteiger charge is 2.61. The Balaban J connectivity index is 1.07. The molecule has 1 saturated heterocycles. The number of amides is 2. The second-order valence-corrected chi connectivity index (χ2v) is 16.0. The lowest BCUT2D eigenvalue weighted by Gasteiger charge is -2.22. The third-order valence-corrected chi connectivity index (χ3v) is 11.7. The number of anilines is 1. The number of carbonyl (C=O) groups is 3. The van der Waals surface area contributed by atoms with E-state index < -0.39 is 45.3 Å². The van der Waals surface area contributed by atoms with Gasteiger partial charge in [-0.3, -0.25) is 14.4 Å². The highest BCUT2D eigenvalue weighted by molar-refractivity contribution is 7.90. The maximum Gasteiger partial charge on any atom is 0.303 e. The molecular formula is C42H49N5O8S. The fourth-order valence-corrected chi connectivity index (χ4v) is 8.34. The van der Waals surface area contributed by atoms with Gasteiger partial charge >= 0.3 is 5.97 Å². The monoisotopic (exact) mass is 783 g/mol. The van der Waals surface area contributed by atoms with Crippen molar-refractivity contribution in [2.24, 2.45) is 5.92 Å². The third-order valence-electron chi connectivity index (χ3n) is 10.3. The Labute approximate surface area is 327 Å². The molecule has 2 amide bonds. The SMILES string of the molecule is C=C[C@@H]1C[C@]1(NC(=O)[C@@H]1C[C@@H](Oc2cc(-c3ccccc3)nc3cc(OC)ccc23)CN1)C(=O)NS(=O)(=O)c1ccccc1NCCCCCCCCC(=O)O. The molecule has 5 N–H and O–H groups in total. The van der Waals surface area contributed by atoms with Crippen LogP contribution in [-0.4, -0.2) is 74.2 Å². The minimum Gasteiger partial charge on any atom is -0.497 e. The average Bonchev–Trinajstić information content (AvgIpc) is 3.72. The smallest absolute Gasteiger partial charge is 0.303 e. The molecule has 3 aromatic carbocycles. The zero-order valence-corrected chi connectivity index (χ0v) is 32.3. The van der Waals surface area contributed by atoms with Gasteiger partial charge in [-0.25, -0.2) is 18.1 Å². The summed E-state index contributed by atoms with van der Waals surface area (Å²) in [5, 5.41) is 18.8. The van der Waals surface area contributed by atoms with Crippen molar-refractivity contribution in [3.63, 3.8) is 0 Å². The Morgan fingerprint density at radius 1 is 0.982 bits per heavy atom. The first-order chi connectivity index (χ1) is 27.0. The summed E-state index contributed by atoms with van der Waals surface area (Å²) in [5.41, 5.74) is 1.24. The molecule has 4 aromatic rings. The number of carbonyl (C=O) groups excluding carboxylic acids is 2. The molecule has 13 nitrogen and oxygen atoms in total. The topological polar surface area (TPSA) is 185 Å². The van der Waals surface area contributed by atoms with Crippen LogP contribution in [0.25, 0.3) is 22.2 Å². The van der Waals surface area contributed by atoms with E-state index in [1.54, 1.807) is 31.4 Å². The second-order valence-electron chi connectivity index (χ2n) is 14.3. The van der Waals surface area contributed by atoms with Crippen LogP contribution in [0.4, 0.5) is 5.69 Å². The van der Waals surface area contributed by atoms with Crippen LogP contribution >= 0.6 is 0 Å². The van der Waals surface area contributed by atoms with Gasteiger partial charge in [0.25, 0.3) is 15.9 Å². The summed E-state index contributed by atoms with van der Waals surface area (Å²) in [6.45, 7) is 4.70. The molecule has 1 saturated carbocycles. The molecule has 0 spiro atoms. The van der Waals surface area contributed by atoms with Crippen molar-refractivity contribution in [2.45, 2.75) is 80.4 Å². The minimum atomic E-state index is -4.32. The number of carboxylic acids is 1. The predicted octanol–water partition coefficient (Wildman–Crippen LogP) is 5.81. The fraction of sp³-hybridized carbons (Fsp3) is 0.381. The minimum absolute atomic E-state index is 0.0748. The average molecular weight is 784 g/mol. The first kappa shape index (κ1) is 40.2. The third kappa shape index (κ3) is 9.66. The molecule has 0 unspecified atom stereocenters. The van der Waals surface area contributed by atoms with Gasteiger partial charge in [-0.05, 0) is 43.5 Å². The molecule has 6 rings (SSSR count). The number of unbranched alkanes of at least 4 members (excludes halogenated alkanes) is 5. The number of nitrogens with one attached hydrogen (secondary N) is 4. The van der Waals surface area contributed by atoms with Gasteiger partial charge in [-0.15, -0.1) is 6.58 Å². The molecule has 1 aliphatic heterocycles. The predicted molar refractivity (Wildman–Crippen MR) is 214 cm³/mol. The number of para-hydroxylation sites is 1. The van der Waals surface area contributed by atoms with Crippen LogP contribution in [0.1, 0.15) is 57.8 Å². The number of nitrogens with zero attached hydrogens (tertiary/aromatic N) is 1. The van der Waals surface area contributed by atoms with Crippen molar-refractivity contribution in [1.29, 1.82) is 0 Å². The summed E-state index contributed by atoms with van der Waals surface area (Å²) in [7, 11) is -2.72. The zero-order valence-electron chi connectivity index (χ0n) is 31.5. The molecule has 14 heteroatoms. The summed E-state index contributed by atoms with van der Waals surface area (Å²) >= 11 is 0. The van der Waals surface area contributed by atoms with Crippen molar-refractivity contribution in [1.82, 2.24) is 20.3 Å². The van der Waals surface area contributed by atoms with E-state index >= 15 is 0 Å². The Kier molecular flexibility index (Phi) is 12.9. The van der Waals surface area contributed by atoms with Crippen molar-refractivity contribution >= 4 is 44.4 Å². The maximum atomic E-state index is 13.8. The van der Waals surface area contributed by atoms with E-state index in [4.69, 9.17) is 19.6 Å². The number of methoxy groups -OCH3 is 1. The van der Waals surface area contributed by atoms with E-state index in [0.717, 1.165) is 48.7 Å². The van der Waals surface area contributed by atoms with Crippen molar-refractivity contribution in [3.05, 3.63) is 91.5 Å². The number of carboxylic acid groups (broad SMARTS) is 1.